The number of rotatable bonds is 18. The van der Waals surface area contributed by atoms with Crippen molar-refractivity contribution < 1.29 is 28.8 Å². The molecule has 7 rings (SSSR count). The lowest BCUT2D eigenvalue weighted by Crippen LogP contribution is -2.28. The number of carbonyl (C=O) groups is 6. The van der Waals surface area contributed by atoms with Gasteiger partial charge in [-0.05, 0) is 138 Å². The molecule has 0 atom stereocenters. The van der Waals surface area contributed by atoms with E-state index in [1.807, 2.05) is 52.5 Å². The van der Waals surface area contributed by atoms with E-state index in [9.17, 15) is 28.8 Å². The van der Waals surface area contributed by atoms with E-state index in [0.717, 1.165) is 48.2 Å². The number of nitrogens with zero attached hydrogens (tertiary/aromatic N) is 6. The number of aromatic nitrogens is 4. The predicted octanol–water partition coefficient (Wildman–Crippen LogP) is 5.18. The maximum Gasteiger partial charge on any atom is 0.272 e. The average Bonchev–Trinajstić information content (AvgIpc) is 4.07. The van der Waals surface area contributed by atoms with Crippen molar-refractivity contribution in [2.75, 3.05) is 75.6 Å². The van der Waals surface area contributed by atoms with Crippen LogP contribution in [0.1, 0.15) is 86.6 Å². The summed E-state index contributed by atoms with van der Waals surface area (Å²) in [6.07, 6.45) is 9.64. The summed E-state index contributed by atoms with van der Waals surface area (Å²) in [4.78, 5) is 83.2. The molecule has 0 saturated heterocycles. The number of aryl methyl sites for hydroxylation is 6. The zero-order valence-electron chi connectivity index (χ0n) is 39.9. The zero-order chi connectivity index (χ0) is 48.8. The first-order chi connectivity index (χ1) is 32.4. The van der Waals surface area contributed by atoms with Gasteiger partial charge in [-0.25, -0.2) is 0 Å². The molecule has 4 heterocycles. The summed E-state index contributed by atoms with van der Waals surface area (Å²) in [5, 5.41) is 17.4. The molecule has 1 aliphatic carbocycles. The van der Waals surface area contributed by atoms with E-state index in [-0.39, 0.29) is 23.6 Å². The Morgan fingerprint density at radius 1 is 0.441 bits per heavy atom. The maximum atomic E-state index is 13.5. The highest BCUT2D eigenvalue weighted by Gasteiger charge is 2.23. The Morgan fingerprint density at radius 3 is 1.07 bits per heavy atom. The summed E-state index contributed by atoms with van der Waals surface area (Å²) in [6.45, 7) is 2.79. The van der Waals surface area contributed by atoms with Gasteiger partial charge >= 0.3 is 0 Å². The SMILES string of the molecule is CN(C)CCCNC(=O)c1cc(NC(=O)c2cc(NC(=O)c3ccc4c(c3)CCc3cc(C(=O)Nc5cc(C(=O)Nc6cc(C(=O)NCCCN(C)C)n(C)c6)n(C)c5)ccc3-4)cn2C)cn1C. The van der Waals surface area contributed by atoms with E-state index in [1.54, 1.807) is 108 Å². The lowest BCUT2D eigenvalue weighted by molar-refractivity contribution is 0.0936. The molecule has 0 radical (unpaired) electrons. The third-order valence-electron chi connectivity index (χ3n) is 11.8. The molecule has 0 bridgehead atoms. The monoisotopic (exact) mass is 924 g/mol. The van der Waals surface area contributed by atoms with Crippen LogP contribution < -0.4 is 31.9 Å². The number of fused-ring (bicyclic) bond motifs is 3. The van der Waals surface area contributed by atoms with Crippen molar-refractivity contribution in [3.05, 3.63) is 130 Å². The van der Waals surface area contributed by atoms with Gasteiger partial charge < -0.3 is 60.0 Å². The maximum absolute atomic E-state index is 13.5. The minimum absolute atomic E-state index is 0.226. The fourth-order valence-corrected chi connectivity index (χ4v) is 8.29. The van der Waals surface area contributed by atoms with E-state index in [0.29, 0.717) is 82.6 Å². The van der Waals surface area contributed by atoms with Gasteiger partial charge in [-0.3, -0.25) is 28.8 Å². The van der Waals surface area contributed by atoms with Crippen molar-refractivity contribution in [2.24, 2.45) is 28.2 Å². The Bertz CT molecular complexity index is 2700. The minimum atomic E-state index is -0.396. The van der Waals surface area contributed by atoms with Gasteiger partial charge in [-0.2, -0.15) is 0 Å². The summed E-state index contributed by atoms with van der Waals surface area (Å²) in [5.74, 6) is -1.89. The lowest BCUT2D eigenvalue weighted by atomic mass is 9.84. The molecule has 0 saturated carbocycles. The van der Waals surface area contributed by atoms with Gasteiger partial charge in [0.1, 0.15) is 22.8 Å². The molecule has 0 aliphatic heterocycles. The number of hydrogen-bond donors (Lipinski definition) is 6. The van der Waals surface area contributed by atoms with Gasteiger partial charge in [0.2, 0.25) is 0 Å². The van der Waals surface area contributed by atoms with Gasteiger partial charge in [0.25, 0.3) is 35.4 Å². The Balaban J connectivity index is 0.932. The average molecular weight is 925 g/mol. The molecule has 356 valence electrons. The molecule has 0 fully saturated rings. The second-order valence-corrected chi connectivity index (χ2v) is 17.8. The highest BCUT2D eigenvalue weighted by molar-refractivity contribution is 6.09. The van der Waals surface area contributed by atoms with Crippen LogP contribution in [0.3, 0.4) is 0 Å². The number of benzene rings is 2. The number of hydrogen-bond acceptors (Lipinski definition) is 8. The molecule has 18 nitrogen and oxygen atoms in total. The Hall–Kier alpha value is -7.70. The van der Waals surface area contributed by atoms with E-state index in [2.05, 4.69) is 41.7 Å². The molecule has 2 aromatic carbocycles. The zero-order valence-corrected chi connectivity index (χ0v) is 39.9. The molecule has 0 unspecified atom stereocenters. The van der Waals surface area contributed by atoms with Gasteiger partial charge in [-0.15, -0.1) is 0 Å². The van der Waals surface area contributed by atoms with Crippen LogP contribution in [-0.2, 0) is 41.0 Å². The standard InChI is InChI=1S/C50H60N12O6/c1-57(2)19-9-17-51-47(65)41-23-37(29-59(41)5)55-49(67)43-25-35(27-61(43)7)53-45(63)33-13-15-39-31(21-33)11-12-32-22-34(14-16-40(32)39)46(64)54-36-26-44(62(8)28-36)50(68)56-38-24-42(60(6)30-38)48(66)52-18-10-20-58(3)4/h13-16,21-30H,9-12,17-20H2,1-8H3,(H,51,65)(H,52,66)(H,53,63)(H,54,64)(H,55,67)(H,56,68). The normalized spacial score (nSPS) is 11.8. The summed E-state index contributed by atoms with van der Waals surface area (Å²) in [6, 6.07) is 17.6. The molecule has 6 aromatic rings. The third-order valence-corrected chi connectivity index (χ3v) is 11.8. The predicted molar refractivity (Wildman–Crippen MR) is 264 cm³/mol. The molecule has 68 heavy (non-hydrogen) atoms. The van der Waals surface area contributed by atoms with Crippen molar-refractivity contribution in [1.29, 1.82) is 0 Å². The van der Waals surface area contributed by atoms with Gasteiger partial charge in [0.15, 0.2) is 0 Å². The van der Waals surface area contributed by atoms with Crippen LogP contribution in [0.15, 0.2) is 85.5 Å². The first kappa shape index (κ1) is 48.2. The second-order valence-electron chi connectivity index (χ2n) is 17.8. The molecule has 6 amide bonds. The van der Waals surface area contributed by atoms with Crippen molar-refractivity contribution in [1.82, 2.24) is 38.7 Å². The highest BCUT2D eigenvalue weighted by atomic mass is 16.2. The minimum Gasteiger partial charge on any atom is -0.351 e. The fourth-order valence-electron chi connectivity index (χ4n) is 8.29. The van der Waals surface area contributed by atoms with E-state index < -0.39 is 11.8 Å². The van der Waals surface area contributed by atoms with Crippen molar-refractivity contribution in [3.63, 3.8) is 0 Å². The first-order valence-corrected chi connectivity index (χ1v) is 22.5. The molecule has 6 N–H and O–H groups in total. The number of amides is 6. The van der Waals surface area contributed by atoms with Crippen molar-refractivity contribution >= 4 is 58.2 Å². The Labute approximate surface area is 395 Å². The molecule has 0 spiro atoms. The van der Waals surface area contributed by atoms with Crippen LogP contribution in [0.5, 0.6) is 0 Å². The third kappa shape index (κ3) is 11.4. The summed E-state index contributed by atoms with van der Waals surface area (Å²) in [7, 11) is 14.8. The van der Waals surface area contributed by atoms with Crippen LogP contribution >= 0.6 is 0 Å². The number of carbonyl (C=O) groups excluding carboxylic acids is 6. The topological polar surface area (TPSA) is 201 Å². The summed E-state index contributed by atoms with van der Waals surface area (Å²) < 4.78 is 6.58. The van der Waals surface area contributed by atoms with E-state index in [4.69, 9.17) is 0 Å². The summed E-state index contributed by atoms with van der Waals surface area (Å²) >= 11 is 0. The van der Waals surface area contributed by atoms with Crippen LogP contribution in [0.4, 0.5) is 22.7 Å². The van der Waals surface area contributed by atoms with E-state index >= 15 is 0 Å². The quantitative estimate of drug-likeness (QED) is 0.0634. The second kappa shape index (κ2) is 20.9. The van der Waals surface area contributed by atoms with Gasteiger partial charge in [0, 0.05) is 77.2 Å². The van der Waals surface area contributed by atoms with Crippen LogP contribution in [-0.4, -0.2) is 118 Å². The number of anilines is 4. The lowest BCUT2D eigenvalue weighted by Gasteiger charge is -2.21. The van der Waals surface area contributed by atoms with Crippen LogP contribution in [0, 0.1) is 0 Å². The van der Waals surface area contributed by atoms with Gasteiger partial charge in [-0.1, -0.05) is 12.1 Å². The first-order valence-electron chi connectivity index (χ1n) is 22.5. The van der Waals surface area contributed by atoms with E-state index in [1.165, 1.54) is 0 Å². The molecule has 18 heteroatoms. The Kier molecular flexibility index (Phi) is 14.8. The molecule has 4 aromatic heterocycles. The largest absolute Gasteiger partial charge is 0.351 e. The van der Waals surface area contributed by atoms with Crippen LogP contribution in [0.25, 0.3) is 11.1 Å². The smallest absolute Gasteiger partial charge is 0.272 e. The highest BCUT2D eigenvalue weighted by Crippen LogP contribution is 2.35. The van der Waals surface area contributed by atoms with Crippen LogP contribution in [0.2, 0.25) is 0 Å². The van der Waals surface area contributed by atoms with Crippen molar-refractivity contribution in [3.8, 4) is 11.1 Å². The van der Waals surface area contributed by atoms with Gasteiger partial charge in [0.05, 0.1) is 22.7 Å². The molecular formula is C50H60N12O6. The summed E-state index contributed by atoms with van der Waals surface area (Å²) in [5.41, 5.74) is 8.21. The molecule has 1 aliphatic rings. The molecular weight excluding hydrogens is 865 g/mol. The number of nitrogens with one attached hydrogen (secondary N) is 6. The van der Waals surface area contributed by atoms with Crippen molar-refractivity contribution in [2.45, 2.75) is 25.7 Å². The Morgan fingerprint density at radius 2 is 0.750 bits per heavy atom. The fraction of sp³-hybridized carbons (Fsp3) is 0.320.